The van der Waals surface area contributed by atoms with Crippen molar-refractivity contribution in [2.75, 3.05) is 6.61 Å². The number of hydrogen-bond donors (Lipinski definition) is 5. The molecule has 0 radical (unpaired) electrons. The number of rotatable bonds is 9. The van der Waals surface area contributed by atoms with Gasteiger partial charge in [-0.25, -0.2) is 18.9 Å². The highest BCUT2D eigenvalue weighted by Gasteiger charge is 2.46. The maximum Gasteiger partial charge on any atom is 0.481 e. The fourth-order valence-electron chi connectivity index (χ4n) is 3.54. The lowest BCUT2D eigenvalue weighted by atomic mass is 10.1. The van der Waals surface area contributed by atoms with Crippen LogP contribution in [0.1, 0.15) is 12.0 Å². The summed E-state index contributed by atoms with van der Waals surface area (Å²) in [5.74, 6) is 0.447. The topological polar surface area (TPSA) is 233 Å². The fraction of sp³-hybridized carbons (Fsp3) is 0.316. The molecule has 1 aromatic carbocycles. The van der Waals surface area contributed by atoms with Crippen LogP contribution in [0.15, 0.2) is 62.8 Å². The van der Waals surface area contributed by atoms with Gasteiger partial charge in [-0.1, -0.05) is 18.2 Å². The lowest BCUT2D eigenvalue weighted by Crippen LogP contribution is -2.43. The van der Waals surface area contributed by atoms with Gasteiger partial charge >= 0.3 is 21.3 Å². The summed E-state index contributed by atoms with van der Waals surface area (Å²) in [6.45, 7) is -1.26. The number of nitrogens with zero attached hydrogens (tertiary/aromatic N) is 3. The second-order valence-corrected chi connectivity index (χ2v) is 10.6. The first-order valence-electron chi connectivity index (χ1n) is 10.4. The summed E-state index contributed by atoms with van der Waals surface area (Å²) >= 11 is 0. The fourth-order valence-corrected chi connectivity index (χ4v) is 5.14. The van der Waals surface area contributed by atoms with E-state index in [0.29, 0.717) is 5.56 Å². The van der Waals surface area contributed by atoms with Gasteiger partial charge in [-0.3, -0.25) is 18.5 Å². The summed E-state index contributed by atoms with van der Waals surface area (Å²) in [4.78, 5) is 56.3. The monoisotopic (exact) mass is 561 g/mol. The molecule has 0 saturated carbocycles. The minimum atomic E-state index is -5.38. The van der Waals surface area contributed by atoms with E-state index in [0.717, 1.165) is 21.4 Å². The summed E-state index contributed by atoms with van der Waals surface area (Å²) < 4.78 is 43.1. The van der Waals surface area contributed by atoms with E-state index in [-0.39, 0.29) is 18.2 Å². The Kier molecular flexibility index (Phi) is 7.78. The molecular formula is C19H21N3O13P2. The Morgan fingerprint density at radius 1 is 1.03 bits per heavy atom. The van der Waals surface area contributed by atoms with Crippen LogP contribution in [0.2, 0.25) is 0 Å². The van der Waals surface area contributed by atoms with Crippen molar-refractivity contribution in [3.05, 3.63) is 75.4 Å². The van der Waals surface area contributed by atoms with Gasteiger partial charge in [0.2, 0.25) is 5.89 Å². The number of oxazole rings is 1. The molecule has 0 spiro atoms. The lowest BCUT2D eigenvalue weighted by Gasteiger charge is -2.18. The second-order valence-electron chi connectivity index (χ2n) is 7.81. The molecule has 1 fully saturated rings. The molecule has 1 saturated heterocycles. The van der Waals surface area contributed by atoms with E-state index in [1.165, 1.54) is 6.20 Å². The molecular weight excluding hydrogens is 540 g/mol. The highest BCUT2D eigenvalue weighted by Crippen LogP contribution is 2.57. The summed E-state index contributed by atoms with van der Waals surface area (Å²) in [5, 5.41) is 20.7. The van der Waals surface area contributed by atoms with Crippen LogP contribution in [-0.4, -0.2) is 63.9 Å². The third-order valence-corrected chi connectivity index (χ3v) is 7.36. The van der Waals surface area contributed by atoms with Gasteiger partial charge < -0.3 is 34.0 Å². The Hall–Kier alpha value is -2.75. The molecule has 5 atom stereocenters. The van der Waals surface area contributed by atoms with Gasteiger partial charge in [-0.15, -0.1) is 0 Å². The number of aliphatic hydroxyl groups excluding tert-OH is 2. The summed E-state index contributed by atoms with van der Waals surface area (Å²) in [6, 6.07) is 9.90. The maximum absolute atomic E-state index is 13.1. The van der Waals surface area contributed by atoms with Crippen LogP contribution in [0.4, 0.5) is 0 Å². The number of aliphatic hydroxyl groups is 2. The van der Waals surface area contributed by atoms with Crippen molar-refractivity contribution in [2.24, 2.45) is 0 Å². The van der Waals surface area contributed by atoms with E-state index in [1.807, 2.05) is 6.07 Å². The van der Waals surface area contributed by atoms with E-state index in [4.69, 9.17) is 18.9 Å². The number of phosphoric acid groups is 2. The molecule has 18 heteroatoms. The van der Waals surface area contributed by atoms with E-state index < -0.39 is 58.0 Å². The van der Waals surface area contributed by atoms with Crippen molar-refractivity contribution in [1.29, 1.82) is 0 Å². The largest absolute Gasteiger partial charge is 0.481 e. The molecule has 0 amide bonds. The van der Waals surface area contributed by atoms with Crippen molar-refractivity contribution in [2.45, 2.75) is 31.1 Å². The van der Waals surface area contributed by atoms with Crippen LogP contribution in [0.25, 0.3) is 11.5 Å². The molecule has 1 aliphatic heterocycles. The smallest absolute Gasteiger partial charge is 0.439 e. The molecule has 37 heavy (non-hydrogen) atoms. The number of hydrogen-bond acceptors (Lipinski definition) is 11. The van der Waals surface area contributed by atoms with Crippen molar-refractivity contribution < 1.29 is 52.0 Å². The first kappa shape index (κ1) is 27.3. The third-order valence-electron chi connectivity index (χ3n) is 5.21. The summed E-state index contributed by atoms with van der Waals surface area (Å²) in [5.41, 5.74) is -0.974. The van der Waals surface area contributed by atoms with Crippen LogP contribution >= 0.6 is 15.6 Å². The molecule has 0 aliphatic carbocycles. The first-order chi connectivity index (χ1) is 17.3. The van der Waals surface area contributed by atoms with Gasteiger partial charge in [0.05, 0.1) is 19.3 Å². The molecule has 200 valence electrons. The predicted molar refractivity (Wildman–Crippen MR) is 121 cm³/mol. The summed E-state index contributed by atoms with van der Waals surface area (Å²) in [7, 11) is -10.6. The average molecular weight is 561 g/mol. The van der Waals surface area contributed by atoms with E-state index in [2.05, 4.69) is 13.8 Å². The van der Waals surface area contributed by atoms with Crippen molar-refractivity contribution in [3.8, 4) is 11.5 Å². The number of aromatic nitrogens is 3. The molecule has 1 unspecified atom stereocenters. The molecule has 16 nitrogen and oxygen atoms in total. The predicted octanol–water partition coefficient (Wildman–Crippen LogP) is -0.441. The SMILES string of the molecule is O=c1ccn([C@@H]2O[C@H](COP(=O)(O)OP(=O)(O)O)[C@H](O)[C@@H]2O)c(=O)n1Cc1cnc(-c2ccccc2)o1. The quantitative estimate of drug-likeness (QED) is 0.208. The van der Waals surface area contributed by atoms with Gasteiger partial charge in [-0.2, -0.15) is 4.31 Å². The molecule has 2 aromatic heterocycles. The summed E-state index contributed by atoms with van der Waals surface area (Å²) in [6.07, 6.45) is -4.22. The van der Waals surface area contributed by atoms with E-state index in [9.17, 15) is 33.8 Å². The highest BCUT2D eigenvalue weighted by atomic mass is 31.3. The Labute approximate surface area is 206 Å². The number of phosphoric ester groups is 1. The molecule has 1 aliphatic rings. The van der Waals surface area contributed by atoms with E-state index >= 15 is 0 Å². The van der Waals surface area contributed by atoms with Gasteiger partial charge in [0.15, 0.2) is 6.23 Å². The average Bonchev–Trinajstić information content (AvgIpc) is 3.40. The van der Waals surface area contributed by atoms with Gasteiger partial charge in [0.25, 0.3) is 5.56 Å². The molecule has 3 heterocycles. The normalized spacial score (nSPS) is 23.7. The van der Waals surface area contributed by atoms with Gasteiger partial charge in [0, 0.05) is 17.8 Å². The van der Waals surface area contributed by atoms with Crippen LogP contribution < -0.4 is 11.2 Å². The van der Waals surface area contributed by atoms with Crippen LogP contribution in [0, 0.1) is 0 Å². The zero-order valence-corrected chi connectivity index (χ0v) is 20.4. The number of benzene rings is 1. The molecule has 0 bridgehead atoms. The minimum absolute atomic E-state index is 0.179. The molecule has 5 N–H and O–H groups in total. The van der Waals surface area contributed by atoms with Crippen LogP contribution in [0.3, 0.4) is 0 Å². The Balaban J connectivity index is 1.52. The molecule has 4 rings (SSSR count). The standard InChI is InChI=1S/C19H21N3O13P2/c23-14-6-7-21(18-16(25)15(24)13(34-18)10-32-37(30,31)35-36(27,28)29)19(26)22(14)9-12-8-20-17(33-12)11-4-2-1-3-5-11/h1-8,13,15-16,18,24-25H,9-10H2,(H,30,31)(H2,27,28,29)/t13-,15+,16+,18-/m1/s1. The molecule has 3 aromatic rings. The lowest BCUT2D eigenvalue weighted by molar-refractivity contribution is -0.0547. The van der Waals surface area contributed by atoms with E-state index in [1.54, 1.807) is 24.3 Å². The zero-order chi connectivity index (χ0) is 27.0. The van der Waals surface area contributed by atoms with Crippen LogP contribution in [0.5, 0.6) is 0 Å². The zero-order valence-electron chi connectivity index (χ0n) is 18.6. The minimum Gasteiger partial charge on any atom is -0.439 e. The Bertz CT molecular complexity index is 1460. The highest BCUT2D eigenvalue weighted by molar-refractivity contribution is 7.60. The van der Waals surface area contributed by atoms with Gasteiger partial charge in [-0.05, 0) is 12.1 Å². The Morgan fingerprint density at radius 3 is 2.41 bits per heavy atom. The van der Waals surface area contributed by atoms with Crippen molar-refractivity contribution in [1.82, 2.24) is 14.1 Å². The van der Waals surface area contributed by atoms with Crippen molar-refractivity contribution >= 4 is 15.6 Å². The Morgan fingerprint density at radius 2 is 1.73 bits per heavy atom. The first-order valence-corrected chi connectivity index (χ1v) is 13.5. The van der Waals surface area contributed by atoms with Crippen molar-refractivity contribution in [3.63, 3.8) is 0 Å². The van der Waals surface area contributed by atoms with Crippen LogP contribution in [-0.2, 0) is 29.2 Å². The number of ether oxygens (including phenoxy) is 1. The van der Waals surface area contributed by atoms with Gasteiger partial charge in [0.1, 0.15) is 24.1 Å². The third kappa shape index (κ3) is 6.40. The maximum atomic E-state index is 13.1. The second kappa shape index (κ2) is 10.6.